The van der Waals surface area contributed by atoms with Gasteiger partial charge < -0.3 is 18.9 Å². The Morgan fingerprint density at radius 3 is 2.62 bits per heavy atom. The Hall–Kier alpha value is -2.21. The van der Waals surface area contributed by atoms with Gasteiger partial charge in [-0.25, -0.2) is 0 Å². The molecule has 6 aliphatic rings. The molecule has 6 rings (SSSR count). The molecular weight excluding hydrogens is 448 g/mol. The number of ether oxygens (including phenoxy) is 4. The van der Waals surface area contributed by atoms with Crippen molar-refractivity contribution in [3.8, 4) is 0 Å². The van der Waals surface area contributed by atoms with Gasteiger partial charge in [0.1, 0.15) is 12.2 Å². The lowest BCUT2D eigenvalue weighted by Crippen LogP contribution is -2.44. The quantitative estimate of drug-likeness (QED) is 0.315. The van der Waals surface area contributed by atoms with Gasteiger partial charge in [-0.1, -0.05) is 0 Å². The van der Waals surface area contributed by atoms with Crippen LogP contribution in [0, 0.1) is 35.5 Å². The Bertz CT molecular complexity index is 1040. The minimum atomic E-state index is -5.00. The number of fused-ring (bicyclic) bond motifs is 2. The van der Waals surface area contributed by atoms with Gasteiger partial charge in [0.05, 0.1) is 24.2 Å². The molecule has 11 nitrogen and oxygen atoms in total. The topological polar surface area (TPSA) is 160 Å². The summed E-state index contributed by atoms with van der Waals surface area (Å²) in [6.45, 7) is 0. The minimum absolute atomic E-state index is 0.0682. The second-order valence-corrected chi connectivity index (χ2v) is 11.6. The average molecular weight is 470 g/mol. The largest absolute Gasteiger partial charge is 0.458 e. The van der Waals surface area contributed by atoms with E-state index in [9.17, 15) is 32.1 Å². The summed E-state index contributed by atoms with van der Waals surface area (Å²) in [5.41, 5.74) is 0. The predicted molar refractivity (Wildman–Crippen MR) is 98.7 cm³/mol. The van der Waals surface area contributed by atoms with Crippen LogP contribution in [0.1, 0.15) is 38.5 Å². The Balaban J connectivity index is 1.15. The lowest BCUT2D eigenvalue weighted by atomic mass is 9.87. The third-order valence-electron chi connectivity index (χ3n) is 8.30. The zero-order valence-electron chi connectivity index (χ0n) is 16.9. The third-order valence-corrected chi connectivity index (χ3v) is 9.38. The summed E-state index contributed by atoms with van der Waals surface area (Å²) in [5, 5.41) is -2.19. The molecule has 32 heavy (non-hydrogen) atoms. The second-order valence-electron chi connectivity index (χ2n) is 9.97. The van der Waals surface area contributed by atoms with Crippen molar-refractivity contribution in [2.75, 3.05) is 0 Å². The first kappa shape index (κ1) is 20.4. The van der Waals surface area contributed by atoms with Gasteiger partial charge in [0.25, 0.3) is 15.9 Å². The molecule has 4 saturated carbocycles. The molecule has 0 aromatic carbocycles. The van der Waals surface area contributed by atoms with Crippen molar-refractivity contribution < 1.29 is 51.1 Å². The zero-order chi connectivity index (χ0) is 22.6. The van der Waals surface area contributed by atoms with E-state index in [1.54, 1.807) is 0 Å². The first-order valence-electron chi connectivity index (χ1n) is 10.9. The summed E-state index contributed by atoms with van der Waals surface area (Å²) in [4.78, 5) is 49.2. The summed E-state index contributed by atoms with van der Waals surface area (Å²) >= 11 is 0. The van der Waals surface area contributed by atoms with Crippen LogP contribution in [-0.2, 0) is 48.2 Å². The molecule has 12 heteroatoms. The van der Waals surface area contributed by atoms with E-state index < -0.39 is 57.7 Å². The summed E-state index contributed by atoms with van der Waals surface area (Å²) in [5.74, 6) is -5.43. The van der Waals surface area contributed by atoms with Gasteiger partial charge in [-0.15, -0.1) is 0 Å². The van der Waals surface area contributed by atoms with Crippen molar-refractivity contribution in [3.05, 3.63) is 0 Å². The maximum absolute atomic E-state index is 12.7. The van der Waals surface area contributed by atoms with Gasteiger partial charge in [-0.2, -0.15) is 8.42 Å². The van der Waals surface area contributed by atoms with Crippen molar-refractivity contribution in [2.45, 2.75) is 61.8 Å². The fourth-order valence-electron chi connectivity index (χ4n) is 7.08. The van der Waals surface area contributed by atoms with Crippen LogP contribution in [0.5, 0.6) is 0 Å². The first-order valence-corrected chi connectivity index (χ1v) is 12.4. The van der Waals surface area contributed by atoms with E-state index in [0.717, 1.165) is 0 Å². The van der Waals surface area contributed by atoms with Gasteiger partial charge in [0.15, 0.2) is 5.25 Å². The van der Waals surface area contributed by atoms with E-state index in [1.807, 2.05) is 0 Å². The molecule has 1 N–H and O–H groups in total. The van der Waals surface area contributed by atoms with E-state index in [0.29, 0.717) is 32.1 Å². The maximum Gasteiger partial charge on any atom is 0.327 e. The highest BCUT2D eigenvalue weighted by Crippen LogP contribution is 2.61. The molecule has 10 unspecified atom stereocenters. The Morgan fingerprint density at radius 2 is 1.91 bits per heavy atom. The van der Waals surface area contributed by atoms with Crippen LogP contribution < -0.4 is 0 Å². The van der Waals surface area contributed by atoms with Crippen LogP contribution in [0.25, 0.3) is 0 Å². The van der Waals surface area contributed by atoms with Crippen molar-refractivity contribution in [3.63, 3.8) is 0 Å². The molecule has 0 amide bonds. The summed E-state index contributed by atoms with van der Waals surface area (Å²) < 4.78 is 54.8. The Morgan fingerprint density at radius 1 is 1.12 bits per heavy atom. The third kappa shape index (κ3) is 2.77. The zero-order valence-corrected chi connectivity index (χ0v) is 17.7. The molecular formula is C20H22O11S. The molecule has 0 spiro atoms. The summed E-state index contributed by atoms with van der Waals surface area (Å²) in [6, 6.07) is 0. The lowest BCUT2D eigenvalue weighted by Gasteiger charge is -2.30. The molecule has 2 heterocycles. The van der Waals surface area contributed by atoms with E-state index in [-0.39, 0.29) is 41.5 Å². The van der Waals surface area contributed by atoms with Crippen LogP contribution in [0.3, 0.4) is 0 Å². The van der Waals surface area contributed by atoms with Crippen molar-refractivity contribution in [1.82, 2.24) is 0 Å². The number of esters is 4. The van der Waals surface area contributed by atoms with Crippen LogP contribution in [0.4, 0.5) is 0 Å². The van der Waals surface area contributed by atoms with Gasteiger partial charge in [0, 0.05) is 18.3 Å². The van der Waals surface area contributed by atoms with Crippen LogP contribution >= 0.6 is 0 Å². The molecule has 4 bridgehead atoms. The fraction of sp³-hybridized carbons (Fsp3) is 0.800. The molecule has 2 aliphatic heterocycles. The maximum atomic E-state index is 12.7. The van der Waals surface area contributed by atoms with Crippen LogP contribution in [-0.4, -0.2) is 60.1 Å². The number of carbonyl (C=O) groups excluding carboxylic acids is 4. The van der Waals surface area contributed by atoms with E-state index in [4.69, 9.17) is 18.9 Å². The molecule has 2 saturated heterocycles. The van der Waals surface area contributed by atoms with E-state index in [2.05, 4.69) is 0 Å². The van der Waals surface area contributed by atoms with Crippen molar-refractivity contribution >= 4 is 34.0 Å². The molecule has 0 aromatic heterocycles. The van der Waals surface area contributed by atoms with E-state index >= 15 is 0 Å². The number of rotatable bonds is 6. The number of hydrogen-bond acceptors (Lipinski definition) is 10. The number of hydrogen-bond donors (Lipinski definition) is 1. The molecule has 10 atom stereocenters. The predicted octanol–water partition coefficient (Wildman–Crippen LogP) is -0.0315. The minimum Gasteiger partial charge on any atom is -0.458 e. The van der Waals surface area contributed by atoms with E-state index in [1.165, 1.54) is 0 Å². The van der Waals surface area contributed by atoms with Gasteiger partial charge in [-0.05, 0) is 31.6 Å². The second kappa shape index (κ2) is 6.43. The molecule has 6 fully saturated rings. The van der Waals surface area contributed by atoms with Crippen molar-refractivity contribution in [1.29, 1.82) is 0 Å². The van der Waals surface area contributed by atoms with Gasteiger partial charge >= 0.3 is 23.9 Å². The molecule has 0 aromatic rings. The standard InChI is InChI=1S/C20H22O11S/c21-14(30-20-6-7-1-11(12(20)2-7)18(23)31-20)5-13(32(25,26)27)19(24)28-15-8-3-9-10(4-8)17(22)29-16(9)15/h7-13,15-16H,1-6H2,(H,25,26,27). The Kier molecular flexibility index (Phi) is 4.10. The average Bonchev–Trinajstić information content (AvgIpc) is 3.47. The first-order chi connectivity index (χ1) is 15.1. The lowest BCUT2D eigenvalue weighted by molar-refractivity contribution is -0.222. The smallest absolute Gasteiger partial charge is 0.327 e. The highest BCUT2D eigenvalue weighted by molar-refractivity contribution is 7.87. The highest BCUT2D eigenvalue weighted by Gasteiger charge is 2.68. The van der Waals surface area contributed by atoms with Crippen molar-refractivity contribution in [2.24, 2.45) is 35.5 Å². The number of carbonyl (C=O) groups is 4. The summed E-state index contributed by atoms with van der Waals surface area (Å²) in [6.07, 6.45) is 0.406. The Labute approximate surface area is 182 Å². The van der Waals surface area contributed by atoms with Gasteiger partial charge in [0.2, 0.25) is 0 Å². The fourth-order valence-corrected chi connectivity index (χ4v) is 7.73. The van der Waals surface area contributed by atoms with Gasteiger partial charge in [-0.3, -0.25) is 23.7 Å². The molecule has 174 valence electrons. The molecule has 4 aliphatic carbocycles. The highest BCUT2D eigenvalue weighted by atomic mass is 32.2. The SMILES string of the molecule is O=C(CC(C(=O)OC1C2CC3C(=O)OC1C3C2)S(=O)(=O)O)OC12CC3CC(C(=O)O1)C2C3. The van der Waals surface area contributed by atoms with Crippen LogP contribution in [0.2, 0.25) is 0 Å². The van der Waals surface area contributed by atoms with Crippen LogP contribution in [0.15, 0.2) is 0 Å². The molecule has 0 radical (unpaired) electrons. The monoisotopic (exact) mass is 470 g/mol. The normalized spacial score (nSPS) is 45.7. The summed E-state index contributed by atoms with van der Waals surface area (Å²) in [7, 11) is -5.00.